The summed E-state index contributed by atoms with van der Waals surface area (Å²) in [5.41, 5.74) is 1.83. The molecule has 0 heterocycles. The third-order valence-corrected chi connectivity index (χ3v) is 5.60. The van der Waals surface area contributed by atoms with E-state index in [9.17, 15) is 17.6 Å². The summed E-state index contributed by atoms with van der Waals surface area (Å²) >= 11 is 0. The van der Waals surface area contributed by atoms with Crippen LogP contribution in [0.15, 0.2) is 77.7 Å². The molecule has 8 heteroatoms. The van der Waals surface area contributed by atoms with E-state index in [2.05, 4.69) is 10.0 Å². The third-order valence-electron chi connectivity index (χ3n) is 4.20. The maximum absolute atomic E-state index is 12.9. The zero-order chi connectivity index (χ0) is 21.7. The number of rotatable bonds is 7. The molecule has 1 amide bonds. The number of carbonyl (C=O) groups is 1. The van der Waals surface area contributed by atoms with Crippen LogP contribution in [0.1, 0.15) is 12.5 Å². The Morgan fingerprint density at radius 1 is 0.967 bits per heavy atom. The molecule has 0 aliphatic rings. The van der Waals surface area contributed by atoms with Gasteiger partial charge in [-0.2, -0.15) is 0 Å². The second kappa shape index (κ2) is 8.96. The second-order valence-electron chi connectivity index (χ2n) is 6.70. The van der Waals surface area contributed by atoms with Crippen molar-refractivity contribution in [3.63, 3.8) is 0 Å². The van der Waals surface area contributed by atoms with Gasteiger partial charge in [0.1, 0.15) is 11.6 Å². The number of anilines is 2. The van der Waals surface area contributed by atoms with Gasteiger partial charge in [-0.05, 0) is 80.1 Å². The SMILES string of the molecule is Cc1cccc(NS(=O)(=O)c2ccc(NC(=O)[C@H](C)Oc3ccc(F)cc3)cc2)c1. The maximum atomic E-state index is 12.9. The highest BCUT2D eigenvalue weighted by molar-refractivity contribution is 7.92. The van der Waals surface area contributed by atoms with Crippen molar-refractivity contribution in [3.8, 4) is 5.75 Å². The molecule has 0 aromatic heterocycles. The first-order chi connectivity index (χ1) is 14.2. The molecule has 3 aromatic carbocycles. The number of amides is 1. The molecule has 3 aromatic rings. The van der Waals surface area contributed by atoms with Crippen LogP contribution in [0.2, 0.25) is 0 Å². The molecule has 0 spiro atoms. The third kappa shape index (κ3) is 5.57. The van der Waals surface area contributed by atoms with Crippen molar-refractivity contribution >= 4 is 27.3 Å². The molecular weight excluding hydrogens is 407 g/mol. The standard InChI is InChI=1S/C22H21FN2O4S/c1-15-4-3-5-19(14-15)25-30(27,28)21-12-8-18(9-13-21)24-22(26)16(2)29-20-10-6-17(23)7-11-20/h3-14,16,25H,1-2H3,(H,24,26)/t16-/m0/s1. The first-order valence-electron chi connectivity index (χ1n) is 9.15. The van der Waals surface area contributed by atoms with Crippen LogP contribution >= 0.6 is 0 Å². The Kier molecular flexibility index (Phi) is 6.37. The topological polar surface area (TPSA) is 84.5 Å². The lowest BCUT2D eigenvalue weighted by molar-refractivity contribution is -0.122. The second-order valence-corrected chi connectivity index (χ2v) is 8.39. The average Bonchev–Trinajstić information content (AvgIpc) is 2.70. The number of sulfonamides is 1. The molecule has 0 saturated heterocycles. The van der Waals surface area contributed by atoms with E-state index in [-0.39, 0.29) is 4.90 Å². The van der Waals surface area contributed by atoms with Gasteiger partial charge in [0.05, 0.1) is 4.90 Å². The predicted molar refractivity (Wildman–Crippen MR) is 114 cm³/mol. The van der Waals surface area contributed by atoms with Crippen molar-refractivity contribution in [1.82, 2.24) is 0 Å². The quantitative estimate of drug-likeness (QED) is 0.586. The molecular formula is C22H21FN2O4S. The molecule has 0 aliphatic heterocycles. The van der Waals surface area contributed by atoms with E-state index in [1.165, 1.54) is 48.5 Å². The minimum Gasteiger partial charge on any atom is -0.481 e. The number of nitrogens with one attached hydrogen (secondary N) is 2. The van der Waals surface area contributed by atoms with Gasteiger partial charge >= 0.3 is 0 Å². The molecule has 2 N–H and O–H groups in total. The smallest absolute Gasteiger partial charge is 0.265 e. The highest BCUT2D eigenvalue weighted by Crippen LogP contribution is 2.20. The Morgan fingerprint density at radius 3 is 2.27 bits per heavy atom. The van der Waals surface area contributed by atoms with Crippen molar-refractivity contribution in [2.45, 2.75) is 24.8 Å². The molecule has 0 bridgehead atoms. The molecule has 1 atom stereocenters. The Morgan fingerprint density at radius 2 is 1.63 bits per heavy atom. The normalized spacial score (nSPS) is 12.1. The molecule has 0 fully saturated rings. The molecule has 3 rings (SSSR count). The molecule has 156 valence electrons. The van der Waals surface area contributed by atoms with Crippen LogP contribution in [-0.2, 0) is 14.8 Å². The highest BCUT2D eigenvalue weighted by Gasteiger charge is 2.17. The molecule has 0 radical (unpaired) electrons. The lowest BCUT2D eigenvalue weighted by Crippen LogP contribution is -2.30. The fourth-order valence-corrected chi connectivity index (χ4v) is 3.70. The van der Waals surface area contributed by atoms with Gasteiger partial charge in [0, 0.05) is 11.4 Å². The van der Waals surface area contributed by atoms with E-state index in [1.807, 2.05) is 13.0 Å². The van der Waals surface area contributed by atoms with E-state index in [4.69, 9.17) is 4.74 Å². The van der Waals surface area contributed by atoms with E-state index in [1.54, 1.807) is 25.1 Å². The van der Waals surface area contributed by atoms with E-state index in [0.717, 1.165) is 5.56 Å². The minimum atomic E-state index is -3.75. The Labute approximate surface area is 174 Å². The van der Waals surface area contributed by atoms with E-state index < -0.39 is 27.9 Å². The van der Waals surface area contributed by atoms with Crippen molar-refractivity contribution in [2.75, 3.05) is 10.0 Å². The van der Waals surface area contributed by atoms with Gasteiger partial charge in [0.25, 0.3) is 15.9 Å². The summed E-state index contributed by atoms with van der Waals surface area (Å²) in [6, 6.07) is 18.2. The lowest BCUT2D eigenvalue weighted by Gasteiger charge is -2.15. The molecule has 30 heavy (non-hydrogen) atoms. The number of halogens is 1. The van der Waals surface area contributed by atoms with Crippen LogP contribution in [0.25, 0.3) is 0 Å². The zero-order valence-corrected chi connectivity index (χ0v) is 17.2. The van der Waals surface area contributed by atoms with Crippen molar-refractivity contribution < 1.29 is 22.3 Å². The van der Waals surface area contributed by atoms with Gasteiger partial charge in [-0.15, -0.1) is 0 Å². The van der Waals surface area contributed by atoms with Gasteiger partial charge < -0.3 is 10.1 Å². The van der Waals surface area contributed by atoms with Crippen LogP contribution in [-0.4, -0.2) is 20.4 Å². The number of benzene rings is 3. The van der Waals surface area contributed by atoms with E-state index in [0.29, 0.717) is 17.1 Å². The minimum absolute atomic E-state index is 0.0672. The van der Waals surface area contributed by atoms with Crippen LogP contribution in [0.3, 0.4) is 0 Å². The van der Waals surface area contributed by atoms with Crippen LogP contribution in [0, 0.1) is 12.7 Å². The van der Waals surface area contributed by atoms with Crippen molar-refractivity contribution in [2.24, 2.45) is 0 Å². The number of carbonyl (C=O) groups excluding carboxylic acids is 1. The van der Waals surface area contributed by atoms with Crippen LogP contribution < -0.4 is 14.8 Å². The summed E-state index contributed by atoms with van der Waals surface area (Å²) < 4.78 is 46.0. The van der Waals surface area contributed by atoms with Gasteiger partial charge in [-0.25, -0.2) is 12.8 Å². The predicted octanol–water partition coefficient (Wildman–Crippen LogP) is 4.34. The Hall–Kier alpha value is -3.39. The number of hydrogen-bond donors (Lipinski definition) is 2. The fourth-order valence-electron chi connectivity index (χ4n) is 2.65. The summed E-state index contributed by atoms with van der Waals surface area (Å²) in [5.74, 6) is -0.457. The summed E-state index contributed by atoms with van der Waals surface area (Å²) in [4.78, 5) is 12.4. The number of ether oxygens (including phenoxy) is 1. The Balaban J connectivity index is 1.63. The van der Waals surface area contributed by atoms with Crippen LogP contribution in [0.4, 0.5) is 15.8 Å². The average molecular weight is 428 g/mol. The summed E-state index contributed by atoms with van der Waals surface area (Å²) in [7, 11) is -3.75. The Bertz CT molecular complexity index is 1130. The molecule has 6 nitrogen and oxygen atoms in total. The van der Waals surface area contributed by atoms with Crippen molar-refractivity contribution in [3.05, 3.63) is 84.2 Å². The largest absolute Gasteiger partial charge is 0.481 e. The molecule has 0 aliphatic carbocycles. The van der Waals surface area contributed by atoms with E-state index >= 15 is 0 Å². The van der Waals surface area contributed by atoms with Gasteiger partial charge in [0.15, 0.2) is 6.10 Å². The summed E-state index contributed by atoms with van der Waals surface area (Å²) in [6.45, 7) is 3.43. The first kappa shape index (κ1) is 21.3. The molecule has 0 unspecified atom stereocenters. The lowest BCUT2D eigenvalue weighted by atomic mass is 10.2. The van der Waals surface area contributed by atoms with Gasteiger partial charge in [0.2, 0.25) is 0 Å². The number of aryl methyl sites for hydroxylation is 1. The fraction of sp³-hybridized carbons (Fsp3) is 0.136. The monoisotopic (exact) mass is 428 g/mol. The number of hydrogen-bond acceptors (Lipinski definition) is 4. The molecule has 0 saturated carbocycles. The summed E-state index contributed by atoms with van der Waals surface area (Å²) in [6.07, 6.45) is -0.832. The highest BCUT2D eigenvalue weighted by atomic mass is 32.2. The zero-order valence-electron chi connectivity index (χ0n) is 16.4. The summed E-state index contributed by atoms with van der Waals surface area (Å²) in [5, 5.41) is 2.66. The first-order valence-corrected chi connectivity index (χ1v) is 10.6. The van der Waals surface area contributed by atoms with Crippen molar-refractivity contribution in [1.29, 1.82) is 0 Å². The maximum Gasteiger partial charge on any atom is 0.265 e. The van der Waals surface area contributed by atoms with Gasteiger partial charge in [-0.3, -0.25) is 9.52 Å². The van der Waals surface area contributed by atoms with Gasteiger partial charge in [-0.1, -0.05) is 12.1 Å². The van der Waals surface area contributed by atoms with Crippen LogP contribution in [0.5, 0.6) is 5.75 Å².